The Bertz CT molecular complexity index is 588. The Labute approximate surface area is 123 Å². The van der Waals surface area contributed by atoms with Crippen molar-refractivity contribution in [2.45, 2.75) is 33.3 Å². The number of amides is 1. The van der Waals surface area contributed by atoms with Crippen LogP contribution in [0.15, 0.2) is 12.1 Å². The van der Waals surface area contributed by atoms with E-state index in [4.69, 9.17) is 9.47 Å². The monoisotopic (exact) mass is 293 g/mol. The molecule has 21 heavy (non-hydrogen) atoms. The van der Waals surface area contributed by atoms with Crippen LogP contribution in [0.4, 0.5) is 10.5 Å². The first-order valence-corrected chi connectivity index (χ1v) is 6.71. The van der Waals surface area contributed by atoms with Crippen molar-refractivity contribution < 1.29 is 24.2 Å². The fraction of sp³-hybridized carbons (Fsp3) is 0.467. The Kier molecular flexibility index (Phi) is 3.80. The molecule has 0 radical (unpaired) electrons. The number of carbonyl (C=O) groups is 2. The maximum Gasteiger partial charge on any atom is 0.415 e. The van der Waals surface area contributed by atoms with Crippen LogP contribution >= 0.6 is 0 Å². The topological polar surface area (TPSA) is 76.1 Å². The van der Waals surface area contributed by atoms with Gasteiger partial charge in [0.15, 0.2) is 0 Å². The summed E-state index contributed by atoms with van der Waals surface area (Å²) in [6.07, 6.45) is -0.502. The Morgan fingerprint density at radius 1 is 1.33 bits per heavy atom. The molecule has 1 aromatic rings. The number of carboxylic acids is 1. The molecule has 0 bridgehead atoms. The lowest BCUT2D eigenvalue weighted by atomic mass is 10.0. The van der Waals surface area contributed by atoms with Crippen molar-refractivity contribution in [3.63, 3.8) is 0 Å². The van der Waals surface area contributed by atoms with E-state index < -0.39 is 17.7 Å². The predicted molar refractivity (Wildman–Crippen MR) is 77.2 cm³/mol. The van der Waals surface area contributed by atoms with Crippen LogP contribution in [-0.2, 0) is 4.74 Å². The Morgan fingerprint density at radius 3 is 2.57 bits per heavy atom. The lowest BCUT2D eigenvalue weighted by Crippen LogP contribution is -2.42. The van der Waals surface area contributed by atoms with Crippen molar-refractivity contribution in [3.05, 3.63) is 23.3 Å². The van der Waals surface area contributed by atoms with Crippen molar-refractivity contribution in [1.82, 2.24) is 0 Å². The summed E-state index contributed by atoms with van der Waals surface area (Å²) in [6.45, 7) is 7.69. The van der Waals surface area contributed by atoms with Gasteiger partial charge in [0.2, 0.25) is 0 Å². The number of carboxylic acid groups (broad SMARTS) is 1. The van der Waals surface area contributed by atoms with Crippen LogP contribution in [0.5, 0.6) is 5.75 Å². The Balaban J connectivity index is 2.44. The molecule has 6 nitrogen and oxygen atoms in total. The summed E-state index contributed by atoms with van der Waals surface area (Å²) in [4.78, 5) is 25.0. The van der Waals surface area contributed by atoms with Crippen molar-refractivity contribution in [3.8, 4) is 5.75 Å². The van der Waals surface area contributed by atoms with Gasteiger partial charge in [-0.2, -0.15) is 0 Å². The number of anilines is 1. The second-order valence-corrected chi connectivity index (χ2v) is 5.87. The summed E-state index contributed by atoms with van der Waals surface area (Å²) in [5.74, 6) is -0.542. The van der Waals surface area contributed by atoms with E-state index in [1.165, 1.54) is 11.0 Å². The lowest BCUT2D eigenvalue weighted by molar-refractivity contribution is 0.0565. The maximum absolute atomic E-state index is 12.3. The minimum atomic E-state index is -1.04. The Morgan fingerprint density at radius 2 is 2.00 bits per heavy atom. The molecular formula is C15H19NO5. The normalized spacial score (nSPS) is 14.2. The van der Waals surface area contributed by atoms with Gasteiger partial charge in [-0.15, -0.1) is 0 Å². The van der Waals surface area contributed by atoms with Gasteiger partial charge >= 0.3 is 12.1 Å². The molecule has 6 heteroatoms. The Hall–Kier alpha value is -2.24. The van der Waals surface area contributed by atoms with Crippen molar-refractivity contribution >= 4 is 17.7 Å². The largest absolute Gasteiger partial charge is 0.490 e. The third-order valence-corrected chi connectivity index (χ3v) is 3.08. The summed E-state index contributed by atoms with van der Waals surface area (Å²) in [7, 11) is 0. The molecule has 0 spiro atoms. The predicted octanol–water partition coefficient (Wildman–Crippen LogP) is 2.83. The van der Waals surface area contributed by atoms with E-state index in [1.807, 2.05) is 0 Å². The molecule has 1 aromatic carbocycles. The average Bonchev–Trinajstić information content (AvgIpc) is 2.36. The van der Waals surface area contributed by atoms with Crippen LogP contribution < -0.4 is 9.64 Å². The molecule has 0 aromatic heterocycles. The molecule has 1 aliphatic heterocycles. The SMILES string of the molecule is Cc1c(C(=O)O)ccc2c1N(C(=O)OC(C)(C)C)CCO2. The zero-order valence-electron chi connectivity index (χ0n) is 12.6. The van der Waals surface area contributed by atoms with E-state index >= 15 is 0 Å². The summed E-state index contributed by atoms with van der Waals surface area (Å²) in [5.41, 5.74) is 0.488. The molecule has 0 saturated heterocycles. The number of nitrogens with zero attached hydrogens (tertiary/aromatic N) is 1. The van der Waals surface area contributed by atoms with Crippen LogP contribution in [-0.4, -0.2) is 35.9 Å². The standard InChI is InChI=1S/C15H19NO5/c1-9-10(13(17)18)5-6-11-12(9)16(7-8-20-11)14(19)21-15(2,3)4/h5-6H,7-8H2,1-4H3,(H,17,18). The highest BCUT2D eigenvalue weighted by Gasteiger charge is 2.31. The molecule has 1 heterocycles. The zero-order valence-corrected chi connectivity index (χ0v) is 12.6. The highest BCUT2D eigenvalue weighted by atomic mass is 16.6. The molecule has 1 N–H and O–H groups in total. The summed E-state index contributed by atoms with van der Waals surface area (Å²) >= 11 is 0. The fourth-order valence-corrected chi connectivity index (χ4v) is 2.22. The van der Waals surface area contributed by atoms with Gasteiger partial charge in [-0.05, 0) is 45.4 Å². The number of hydrogen-bond donors (Lipinski definition) is 1. The highest BCUT2D eigenvalue weighted by molar-refractivity contribution is 5.97. The molecular weight excluding hydrogens is 274 g/mol. The first-order chi connectivity index (χ1) is 9.70. The van der Waals surface area contributed by atoms with Crippen molar-refractivity contribution in [2.24, 2.45) is 0 Å². The van der Waals surface area contributed by atoms with Gasteiger partial charge in [-0.3, -0.25) is 4.90 Å². The van der Waals surface area contributed by atoms with Gasteiger partial charge in [0.25, 0.3) is 0 Å². The number of benzene rings is 1. The lowest BCUT2D eigenvalue weighted by Gasteiger charge is -2.33. The summed E-state index contributed by atoms with van der Waals surface area (Å²) < 4.78 is 10.9. The van der Waals surface area contributed by atoms with Crippen molar-refractivity contribution in [1.29, 1.82) is 0 Å². The minimum Gasteiger partial charge on any atom is -0.490 e. The number of carbonyl (C=O) groups excluding carboxylic acids is 1. The van der Waals surface area contributed by atoms with E-state index in [-0.39, 0.29) is 5.56 Å². The molecule has 0 fully saturated rings. The van der Waals surface area contributed by atoms with Crippen LogP contribution in [0.3, 0.4) is 0 Å². The molecule has 0 unspecified atom stereocenters. The van der Waals surface area contributed by atoms with Crippen LogP contribution in [0.1, 0.15) is 36.7 Å². The number of hydrogen-bond acceptors (Lipinski definition) is 4. The molecule has 2 rings (SSSR count). The van der Waals surface area contributed by atoms with Gasteiger partial charge in [-0.25, -0.2) is 9.59 Å². The average molecular weight is 293 g/mol. The van der Waals surface area contributed by atoms with Crippen molar-refractivity contribution in [2.75, 3.05) is 18.1 Å². The smallest absolute Gasteiger partial charge is 0.415 e. The summed E-state index contributed by atoms with van der Waals surface area (Å²) in [6, 6.07) is 3.05. The van der Waals surface area contributed by atoms with Gasteiger partial charge in [0.1, 0.15) is 18.0 Å². The first kappa shape index (κ1) is 15.2. The third kappa shape index (κ3) is 3.09. The number of rotatable bonds is 1. The van der Waals surface area contributed by atoms with E-state index in [0.29, 0.717) is 30.2 Å². The summed E-state index contributed by atoms with van der Waals surface area (Å²) in [5, 5.41) is 9.20. The minimum absolute atomic E-state index is 0.146. The molecule has 1 aliphatic rings. The first-order valence-electron chi connectivity index (χ1n) is 6.71. The second kappa shape index (κ2) is 5.27. The fourth-order valence-electron chi connectivity index (χ4n) is 2.22. The van der Waals surface area contributed by atoms with Crippen LogP contribution in [0, 0.1) is 6.92 Å². The highest BCUT2D eigenvalue weighted by Crippen LogP contribution is 2.37. The molecule has 1 amide bonds. The van der Waals surface area contributed by atoms with E-state index in [9.17, 15) is 14.7 Å². The van der Waals surface area contributed by atoms with Gasteiger partial charge in [0.05, 0.1) is 17.8 Å². The number of fused-ring (bicyclic) bond motifs is 1. The van der Waals surface area contributed by atoms with Crippen LogP contribution in [0.25, 0.3) is 0 Å². The van der Waals surface area contributed by atoms with Crippen LogP contribution in [0.2, 0.25) is 0 Å². The van der Waals surface area contributed by atoms with Gasteiger partial charge in [0, 0.05) is 0 Å². The molecule has 0 saturated carbocycles. The van der Waals surface area contributed by atoms with E-state index in [0.717, 1.165) is 0 Å². The molecule has 0 aliphatic carbocycles. The number of ether oxygens (including phenoxy) is 2. The second-order valence-electron chi connectivity index (χ2n) is 5.87. The maximum atomic E-state index is 12.3. The molecule has 114 valence electrons. The van der Waals surface area contributed by atoms with Gasteiger partial charge in [-0.1, -0.05) is 0 Å². The van der Waals surface area contributed by atoms with E-state index in [1.54, 1.807) is 33.8 Å². The zero-order chi connectivity index (χ0) is 15.8. The number of aromatic carboxylic acids is 1. The van der Waals surface area contributed by atoms with Gasteiger partial charge < -0.3 is 14.6 Å². The third-order valence-electron chi connectivity index (χ3n) is 3.08. The quantitative estimate of drug-likeness (QED) is 0.861. The van der Waals surface area contributed by atoms with E-state index in [2.05, 4.69) is 0 Å². The molecule has 0 atom stereocenters.